The first-order chi connectivity index (χ1) is 18.3. The van der Waals surface area contributed by atoms with E-state index in [2.05, 4.69) is 30.7 Å². The molecule has 3 atom stereocenters. The lowest BCUT2D eigenvalue weighted by Crippen LogP contribution is -2.39. The van der Waals surface area contributed by atoms with E-state index in [0.717, 1.165) is 16.8 Å². The molecule has 0 radical (unpaired) electrons. The van der Waals surface area contributed by atoms with Crippen molar-refractivity contribution < 1.29 is 13.9 Å². The lowest BCUT2D eigenvalue weighted by atomic mass is 9.88. The van der Waals surface area contributed by atoms with Gasteiger partial charge in [0.05, 0.1) is 24.7 Å². The van der Waals surface area contributed by atoms with Crippen LogP contribution in [0.3, 0.4) is 0 Å². The topological polar surface area (TPSA) is 105 Å². The summed E-state index contributed by atoms with van der Waals surface area (Å²) in [6.07, 6.45) is 5.21. The van der Waals surface area contributed by atoms with Crippen LogP contribution < -0.4 is 15.4 Å². The molecule has 2 aromatic heterocycles. The summed E-state index contributed by atoms with van der Waals surface area (Å²) < 4.78 is 19.7. The smallest absolute Gasteiger partial charge is 0.251 e. The average molecular weight is 514 g/mol. The molecule has 4 aromatic rings. The second kappa shape index (κ2) is 10.4. The molecule has 3 heterocycles. The summed E-state index contributed by atoms with van der Waals surface area (Å²) in [5, 5.41) is 13.3. The maximum atomic E-state index is 14.6. The third-order valence-corrected chi connectivity index (χ3v) is 6.77. The number of rotatable bonds is 7. The van der Waals surface area contributed by atoms with Crippen molar-refractivity contribution in [3.8, 4) is 5.75 Å². The number of hydrogen-bond donors (Lipinski definition) is 2. The summed E-state index contributed by atoms with van der Waals surface area (Å²) >= 11 is 0. The minimum Gasteiger partial charge on any atom is -0.494 e. The van der Waals surface area contributed by atoms with Gasteiger partial charge in [0.15, 0.2) is 11.6 Å². The van der Waals surface area contributed by atoms with Crippen molar-refractivity contribution in [2.45, 2.75) is 25.9 Å². The number of hydrogen-bond acceptors (Lipinski definition) is 8. The third kappa shape index (κ3) is 5.10. The number of benzene rings is 2. The number of halogens is 1. The van der Waals surface area contributed by atoms with E-state index in [1.54, 1.807) is 48.9 Å². The molecule has 0 saturated heterocycles. The molecule has 2 N–H and O–H groups in total. The Bertz CT molecular complexity index is 1530. The van der Waals surface area contributed by atoms with Gasteiger partial charge in [-0.2, -0.15) is 5.10 Å². The van der Waals surface area contributed by atoms with Gasteiger partial charge < -0.3 is 15.4 Å². The van der Waals surface area contributed by atoms with Gasteiger partial charge in [-0.25, -0.2) is 14.4 Å². The van der Waals surface area contributed by atoms with Gasteiger partial charge in [-0.3, -0.25) is 14.8 Å². The van der Waals surface area contributed by atoms with E-state index in [1.807, 2.05) is 38.0 Å². The molecular formula is C28H28FN7O2. The van der Waals surface area contributed by atoms with Crippen LogP contribution in [0.15, 0.2) is 66.0 Å². The van der Waals surface area contributed by atoms with Crippen molar-refractivity contribution >= 4 is 34.7 Å². The normalized spacial score (nSPS) is 17.4. The van der Waals surface area contributed by atoms with Crippen molar-refractivity contribution in [3.05, 3.63) is 83.6 Å². The maximum absolute atomic E-state index is 14.6. The minimum atomic E-state index is -0.514. The largest absolute Gasteiger partial charge is 0.494 e. The van der Waals surface area contributed by atoms with Crippen LogP contribution in [0.5, 0.6) is 5.75 Å². The molecule has 1 amide bonds. The highest BCUT2D eigenvalue weighted by atomic mass is 19.1. The molecule has 2 aromatic carbocycles. The number of amides is 1. The van der Waals surface area contributed by atoms with Gasteiger partial charge in [0.1, 0.15) is 0 Å². The van der Waals surface area contributed by atoms with Gasteiger partial charge in [0.2, 0.25) is 5.95 Å². The van der Waals surface area contributed by atoms with Gasteiger partial charge in [-0.05, 0) is 55.8 Å². The number of ether oxygens (including phenoxy) is 1. The third-order valence-electron chi connectivity index (χ3n) is 6.77. The standard InChI is InChI=1S/C28H28FN7O2/c1-16-11-21(9-10-30-16)33-28-31-14-20-6-5-19(13-24(20)34-28)27(37)35-26(22-15-32-36(3)17(22)2)18-7-8-25(38-4)23(29)12-18/h5-15,17,22,26H,1-4H3,(H,35,37)(H,30,31,33,34)/t17?,22?,26-/m0/s1. The van der Waals surface area contributed by atoms with E-state index in [0.29, 0.717) is 22.6 Å². The molecule has 1 aliphatic rings. The minimum absolute atomic E-state index is 0.000244. The monoisotopic (exact) mass is 513 g/mol. The Hall–Kier alpha value is -4.60. The van der Waals surface area contributed by atoms with Crippen molar-refractivity contribution in [2.75, 3.05) is 19.5 Å². The van der Waals surface area contributed by atoms with Crippen LogP contribution in [-0.2, 0) is 0 Å². The molecule has 1 aliphatic heterocycles. The van der Waals surface area contributed by atoms with Crippen LogP contribution in [0, 0.1) is 18.7 Å². The molecule has 2 unspecified atom stereocenters. The summed E-state index contributed by atoms with van der Waals surface area (Å²) in [6, 6.07) is 13.2. The summed E-state index contributed by atoms with van der Waals surface area (Å²) in [5.41, 5.74) is 3.35. The van der Waals surface area contributed by atoms with Crippen molar-refractivity contribution in [3.63, 3.8) is 0 Å². The second-order valence-electron chi connectivity index (χ2n) is 9.28. The van der Waals surface area contributed by atoms with Gasteiger partial charge >= 0.3 is 0 Å². The lowest BCUT2D eigenvalue weighted by molar-refractivity contribution is 0.0920. The summed E-state index contributed by atoms with van der Waals surface area (Å²) in [7, 11) is 3.29. The Balaban J connectivity index is 1.43. The molecule has 194 valence electrons. The number of carbonyl (C=O) groups is 1. The Labute approximate surface area is 219 Å². The fourth-order valence-electron chi connectivity index (χ4n) is 4.51. The van der Waals surface area contributed by atoms with Crippen LogP contribution >= 0.6 is 0 Å². The van der Waals surface area contributed by atoms with Crippen LogP contribution in [0.4, 0.5) is 16.0 Å². The van der Waals surface area contributed by atoms with Gasteiger partial charge in [-0.1, -0.05) is 12.1 Å². The van der Waals surface area contributed by atoms with E-state index in [9.17, 15) is 9.18 Å². The Morgan fingerprint density at radius 1 is 1.13 bits per heavy atom. The van der Waals surface area contributed by atoms with Crippen molar-refractivity contribution in [1.29, 1.82) is 0 Å². The van der Waals surface area contributed by atoms with E-state index >= 15 is 0 Å². The number of anilines is 2. The number of methoxy groups -OCH3 is 1. The molecule has 0 aliphatic carbocycles. The zero-order valence-electron chi connectivity index (χ0n) is 21.5. The highest BCUT2D eigenvalue weighted by Crippen LogP contribution is 2.32. The maximum Gasteiger partial charge on any atom is 0.251 e. The van der Waals surface area contributed by atoms with Gasteiger partial charge in [0, 0.05) is 53.9 Å². The molecule has 0 saturated carbocycles. The van der Waals surface area contributed by atoms with E-state index in [1.165, 1.54) is 13.2 Å². The number of pyridine rings is 1. The highest BCUT2D eigenvalue weighted by Gasteiger charge is 2.34. The zero-order chi connectivity index (χ0) is 26.8. The van der Waals surface area contributed by atoms with Crippen LogP contribution in [0.1, 0.15) is 34.6 Å². The highest BCUT2D eigenvalue weighted by molar-refractivity contribution is 5.98. The fraction of sp³-hybridized carbons (Fsp3) is 0.250. The number of aryl methyl sites for hydroxylation is 1. The van der Waals surface area contributed by atoms with E-state index < -0.39 is 11.9 Å². The number of carbonyl (C=O) groups excluding carboxylic acids is 1. The predicted octanol–water partition coefficient (Wildman–Crippen LogP) is 4.63. The molecule has 0 bridgehead atoms. The predicted molar refractivity (Wildman–Crippen MR) is 144 cm³/mol. The summed E-state index contributed by atoms with van der Waals surface area (Å²) in [6.45, 7) is 3.92. The molecule has 5 rings (SSSR count). The summed E-state index contributed by atoms with van der Waals surface area (Å²) in [4.78, 5) is 26.7. The Morgan fingerprint density at radius 2 is 1.97 bits per heavy atom. The van der Waals surface area contributed by atoms with Gasteiger partial charge in [-0.15, -0.1) is 0 Å². The molecule has 0 spiro atoms. The first-order valence-electron chi connectivity index (χ1n) is 12.2. The quantitative estimate of drug-likeness (QED) is 0.371. The zero-order valence-corrected chi connectivity index (χ0v) is 21.5. The van der Waals surface area contributed by atoms with Crippen LogP contribution in [0.2, 0.25) is 0 Å². The number of aromatic nitrogens is 3. The van der Waals surface area contributed by atoms with Crippen LogP contribution in [-0.4, -0.2) is 52.3 Å². The van der Waals surface area contributed by atoms with E-state index in [4.69, 9.17) is 4.74 Å². The Kier molecular flexibility index (Phi) is 6.87. The molecule has 0 fully saturated rings. The number of nitrogens with zero attached hydrogens (tertiary/aromatic N) is 5. The summed E-state index contributed by atoms with van der Waals surface area (Å²) in [5.74, 6) is -0.414. The van der Waals surface area contributed by atoms with Crippen molar-refractivity contribution in [1.82, 2.24) is 25.3 Å². The lowest BCUT2D eigenvalue weighted by Gasteiger charge is -2.29. The molecule has 38 heavy (non-hydrogen) atoms. The van der Waals surface area contributed by atoms with E-state index in [-0.39, 0.29) is 23.6 Å². The van der Waals surface area contributed by atoms with Gasteiger partial charge in [0.25, 0.3) is 5.91 Å². The first kappa shape index (κ1) is 25.1. The Morgan fingerprint density at radius 3 is 2.68 bits per heavy atom. The second-order valence-corrected chi connectivity index (χ2v) is 9.28. The number of hydrazone groups is 1. The number of fused-ring (bicyclic) bond motifs is 1. The average Bonchev–Trinajstić information content (AvgIpc) is 3.24. The fourth-order valence-corrected chi connectivity index (χ4v) is 4.51. The number of nitrogens with one attached hydrogen (secondary N) is 2. The molecule has 9 nitrogen and oxygen atoms in total. The first-order valence-corrected chi connectivity index (χ1v) is 12.2. The van der Waals surface area contributed by atoms with Crippen molar-refractivity contribution in [2.24, 2.45) is 11.0 Å². The molecule has 10 heteroatoms. The molecular weight excluding hydrogens is 485 g/mol. The van der Waals surface area contributed by atoms with Crippen LogP contribution in [0.25, 0.3) is 10.9 Å². The SMILES string of the molecule is COc1ccc([C@H](NC(=O)c2ccc3cnc(Nc4ccnc(C)c4)nc3c2)C2C=NN(C)C2C)cc1F.